The van der Waals surface area contributed by atoms with Crippen molar-refractivity contribution < 1.29 is 14.7 Å². The van der Waals surface area contributed by atoms with E-state index in [1.54, 1.807) is 6.20 Å². The van der Waals surface area contributed by atoms with Gasteiger partial charge in [-0.1, -0.05) is 30.3 Å². The second-order valence-corrected chi connectivity index (χ2v) is 6.87. The molecule has 1 fully saturated rings. The summed E-state index contributed by atoms with van der Waals surface area (Å²) in [6.45, 7) is 3.23. The van der Waals surface area contributed by atoms with E-state index in [0.29, 0.717) is 25.1 Å². The van der Waals surface area contributed by atoms with Crippen LogP contribution in [0.1, 0.15) is 53.7 Å². The minimum Gasteiger partial charge on any atom is -0.481 e. The Morgan fingerprint density at radius 3 is 2.73 bits per heavy atom. The SMILES string of the molecule is Cc1c(C(=O)N2CCCCC2CCC(=O)O)cnn1Cc1ccccc1. The van der Waals surface area contributed by atoms with Gasteiger partial charge in [-0.2, -0.15) is 5.10 Å². The first-order valence-electron chi connectivity index (χ1n) is 9.15. The third kappa shape index (κ3) is 4.12. The molecule has 2 aromatic rings. The van der Waals surface area contributed by atoms with E-state index in [1.807, 2.05) is 46.8 Å². The lowest BCUT2D eigenvalue weighted by Crippen LogP contribution is -2.44. The Morgan fingerprint density at radius 1 is 1.23 bits per heavy atom. The number of carboxylic acids is 1. The third-order valence-corrected chi connectivity index (χ3v) is 5.09. The van der Waals surface area contributed by atoms with Gasteiger partial charge < -0.3 is 10.0 Å². The van der Waals surface area contributed by atoms with Crippen LogP contribution in [0.4, 0.5) is 0 Å². The van der Waals surface area contributed by atoms with Crippen molar-refractivity contribution in [2.24, 2.45) is 0 Å². The molecular weight excluding hydrogens is 330 g/mol. The van der Waals surface area contributed by atoms with Crippen LogP contribution in [-0.2, 0) is 11.3 Å². The summed E-state index contributed by atoms with van der Waals surface area (Å²) in [6, 6.07) is 10.0. The number of aliphatic carboxylic acids is 1. The number of carbonyl (C=O) groups excluding carboxylic acids is 1. The number of piperidine rings is 1. The molecule has 1 aliphatic rings. The van der Waals surface area contributed by atoms with Crippen molar-refractivity contribution in [1.29, 1.82) is 0 Å². The van der Waals surface area contributed by atoms with Crippen molar-refractivity contribution in [3.8, 4) is 0 Å². The normalized spacial score (nSPS) is 17.3. The molecule has 0 saturated carbocycles. The fourth-order valence-electron chi connectivity index (χ4n) is 3.59. The van der Waals surface area contributed by atoms with E-state index in [2.05, 4.69) is 5.10 Å². The number of rotatable bonds is 6. The topological polar surface area (TPSA) is 75.4 Å². The molecule has 138 valence electrons. The highest BCUT2D eigenvalue weighted by Gasteiger charge is 2.29. The minimum absolute atomic E-state index is 0.00391. The summed E-state index contributed by atoms with van der Waals surface area (Å²) >= 11 is 0. The molecule has 2 heterocycles. The quantitative estimate of drug-likeness (QED) is 0.864. The number of aromatic nitrogens is 2. The van der Waals surface area contributed by atoms with Crippen LogP contribution in [0, 0.1) is 6.92 Å². The Hall–Kier alpha value is -2.63. The standard InChI is InChI=1S/C20H25N3O3/c1-15-18(13-21-23(15)14-16-7-3-2-4-8-16)20(26)22-12-6-5-9-17(22)10-11-19(24)25/h2-4,7-8,13,17H,5-6,9-12,14H2,1H3,(H,24,25). The Bertz CT molecular complexity index is 770. The molecule has 6 heteroatoms. The highest BCUT2D eigenvalue weighted by Crippen LogP contribution is 2.24. The largest absolute Gasteiger partial charge is 0.481 e. The number of hydrogen-bond donors (Lipinski definition) is 1. The fraction of sp³-hybridized carbons (Fsp3) is 0.450. The molecule has 1 aromatic carbocycles. The van der Waals surface area contributed by atoms with Gasteiger partial charge in [-0.25, -0.2) is 0 Å². The molecule has 3 rings (SSSR count). The monoisotopic (exact) mass is 355 g/mol. The van der Waals surface area contributed by atoms with Crippen LogP contribution < -0.4 is 0 Å². The second-order valence-electron chi connectivity index (χ2n) is 6.87. The van der Waals surface area contributed by atoms with Gasteiger partial charge in [-0.05, 0) is 38.2 Å². The Morgan fingerprint density at radius 2 is 2.00 bits per heavy atom. The third-order valence-electron chi connectivity index (χ3n) is 5.09. The predicted octanol–water partition coefficient (Wildman–Crippen LogP) is 3.10. The minimum atomic E-state index is -0.810. The Balaban J connectivity index is 1.75. The van der Waals surface area contributed by atoms with E-state index in [9.17, 15) is 9.59 Å². The van der Waals surface area contributed by atoms with Crippen molar-refractivity contribution in [2.45, 2.75) is 51.6 Å². The maximum Gasteiger partial charge on any atom is 0.303 e. The average Bonchev–Trinajstić information content (AvgIpc) is 3.01. The number of hydrogen-bond acceptors (Lipinski definition) is 3. The van der Waals surface area contributed by atoms with Gasteiger partial charge in [0.15, 0.2) is 0 Å². The molecule has 0 radical (unpaired) electrons. The van der Waals surface area contributed by atoms with Crippen LogP contribution in [0.3, 0.4) is 0 Å². The van der Waals surface area contributed by atoms with E-state index in [1.165, 1.54) is 0 Å². The van der Waals surface area contributed by atoms with Gasteiger partial charge in [0, 0.05) is 24.7 Å². The van der Waals surface area contributed by atoms with E-state index in [4.69, 9.17) is 5.11 Å². The summed E-state index contributed by atoms with van der Waals surface area (Å²) < 4.78 is 1.85. The number of likely N-dealkylation sites (tertiary alicyclic amines) is 1. The van der Waals surface area contributed by atoms with Gasteiger partial charge in [-0.15, -0.1) is 0 Å². The summed E-state index contributed by atoms with van der Waals surface area (Å²) in [4.78, 5) is 25.8. The van der Waals surface area contributed by atoms with E-state index < -0.39 is 5.97 Å². The zero-order valence-electron chi connectivity index (χ0n) is 15.1. The molecule has 1 aromatic heterocycles. The maximum atomic E-state index is 13.1. The number of benzene rings is 1. The van der Waals surface area contributed by atoms with Crippen molar-refractivity contribution in [2.75, 3.05) is 6.54 Å². The highest BCUT2D eigenvalue weighted by molar-refractivity contribution is 5.95. The van der Waals surface area contributed by atoms with Gasteiger partial charge in [0.1, 0.15) is 0 Å². The second kappa shape index (κ2) is 8.17. The summed E-state index contributed by atoms with van der Waals surface area (Å²) in [6.07, 6.45) is 5.13. The van der Waals surface area contributed by atoms with Crippen LogP contribution in [0.5, 0.6) is 0 Å². The van der Waals surface area contributed by atoms with Gasteiger partial charge in [-0.3, -0.25) is 14.3 Å². The Labute approximate surface area is 153 Å². The lowest BCUT2D eigenvalue weighted by molar-refractivity contribution is -0.137. The van der Waals surface area contributed by atoms with Crippen LogP contribution in [0.2, 0.25) is 0 Å². The zero-order chi connectivity index (χ0) is 18.5. The lowest BCUT2D eigenvalue weighted by Gasteiger charge is -2.35. The molecule has 6 nitrogen and oxygen atoms in total. The van der Waals surface area contributed by atoms with Gasteiger partial charge in [0.05, 0.1) is 18.3 Å². The lowest BCUT2D eigenvalue weighted by atomic mass is 9.97. The predicted molar refractivity (Wildman–Crippen MR) is 98.1 cm³/mol. The van der Waals surface area contributed by atoms with Crippen molar-refractivity contribution >= 4 is 11.9 Å². The van der Waals surface area contributed by atoms with Gasteiger partial charge in [0.25, 0.3) is 5.91 Å². The zero-order valence-corrected chi connectivity index (χ0v) is 15.1. The summed E-state index contributed by atoms with van der Waals surface area (Å²) in [7, 11) is 0. The number of carbonyl (C=O) groups is 2. The first kappa shape index (κ1) is 18.2. The average molecular weight is 355 g/mol. The first-order chi connectivity index (χ1) is 12.6. The molecule has 0 bridgehead atoms. The molecule has 1 aliphatic heterocycles. The van der Waals surface area contributed by atoms with E-state index in [-0.39, 0.29) is 18.4 Å². The summed E-state index contributed by atoms with van der Waals surface area (Å²) in [5.74, 6) is -0.841. The molecular formula is C20H25N3O3. The molecule has 1 N–H and O–H groups in total. The van der Waals surface area contributed by atoms with Gasteiger partial charge in [0.2, 0.25) is 0 Å². The molecule has 1 amide bonds. The molecule has 1 atom stereocenters. The van der Waals surface area contributed by atoms with Crippen LogP contribution in [0.25, 0.3) is 0 Å². The number of nitrogens with zero attached hydrogens (tertiary/aromatic N) is 3. The van der Waals surface area contributed by atoms with E-state index in [0.717, 1.165) is 30.5 Å². The first-order valence-corrected chi connectivity index (χ1v) is 9.15. The molecule has 26 heavy (non-hydrogen) atoms. The molecule has 1 unspecified atom stereocenters. The van der Waals surface area contributed by atoms with Crippen LogP contribution in [0.15, 0.2) is 36.5 Å². The Kier molecular flexibility index (Phi) is 5.71. The van der Waals surface area contributed by atoms with E-state index >= 15 is 0 Å². The highest BCUT2D eigenvalue weighted by atomic mass is 16.4. The van der Waals surface area contributed by atoms with Gasteiger partial charge >= 0.3 is 5.97 Å². The molecule has 0 spiro atoms. The van der Waals surface area contributed by atoms with Crippen LogP contribution >= 0.6 is 0 Å². The van der Waals surface area contributed by atoms with Crippen molar-refractivity contribution in [3.05, 3.63) is 53.3 Å². The smallest absolute Gasteiger partial charge is 0.303 e. The number of amides is 1. The maximum absolute atomic E-state index is 13.1. The molecule has 0 aliphatic carbocycles. The molecule has 1 saturated heterocycles. The van der Waals surface area contributed by atoms with Crippen molar-refractivity contribution in [3.63, 3.8) is 0 Å². The number of carboxylic acid groups (broad SMARTS) is 1. The fourth-order valence-corrected chi connectivity index (χ4v) is 3.59. The summed E-state index contributed by atoms with van der Waals surface area (Å²) in [5, 5.41) is 13.4. The van der Waals surface area contributed by atoms with Crippen LogP contribution in [-0.4, -0.2) is 44.3 Å². The summed E-state index contributed by atoms with van der Waals surface area (Å²) in [5.41, 5.74) is 2.60. The van der Waals surface area contributed by atoms with Crippen molar-refractivity contribution in [1.82, 2.24) is 14.7 Å².